The van der Waals surface area contributed by atoms with Gasteiger partial charge in [-0.25, -0.2) is 9.67 Å². The first-order chi connectivity index (χ1) is 15.8. The number of carbonyl (C=O) groups is 1. The molecule has 2 aromatic heterocycles. The lowest BCUT2D eigenvalue weighted by Crippen LogP contribution is -2.50. The molecular formula is C23H28N8O. The van der Waals surface area contributed by atoms with Crippen molar-refractivity contribution < 1.29 is 4.79 Å². The summed E-state index contributed by atoms with van der Waals surface area (Å²) >= 11 is 0. The Bertz CT molecular complexity index is 1020. The molecule has 0 radical (unpaired) electrons. The maximum absolute atomic E-state index is 13.2. The number of likely N-dealkylation sites (tertiary alicyclic amines) is 1. The Hall–Kier alpha value is -3.33. The molecule has 3 aromatic rings. The van der Waals surface area contributed by atoms with Crippen LogP contribution in [0.4, 0.5) is 5.82 Å². The highest BCUT2D eigenvalue weighted by molar-refractivity contribution is 5.94. The van der Waals surface area contributed by atoms with Crippen LogP contribution in [0.5, 0.6) is 0 Å². The number of anilines is 1. The molecule has 1 unspecified atom stereocenters. The summed E-state index contributed by atoms with van der Waals surface area (Å²) in [6.45, 7) is 6.74. The Morgan fingerprint density at radius 2 is 1.94 bits per heavy atom. The fourth-order valence-electron chi connectivity index (χ4n) is 4.71. The van der Waals surface area contributed by atoms with Crippen LogP contribution in [0.2, 0.25) is 0 Å². The van der Waals surface area contributed by atoms with Gasteiger partial charge in [-0.3, -0.25) is 9.69 Å². The van der Waals surface area contributed by atoms with Crippen LogP contribution < -0.4 is 4.90 Å². The lowest BCUT2D eigenvalue weighted by atomic mass is 9.96. The van der Waals surface area contributed by atoms with Gasteiger partial charge >= 0.3 is 0 Å². The van der Waals surface area contributed by atoms with E-state index in [9.17, 15) is 4.79 Å². The second kappa shape index (κ2) is 9.44. The quantitative estimate of drug-likeness (QED) is 0.607. The Balaban J connectivity index is 1.16. The Kier molecular flexibility index (Phi) is 6.06. The highest BCUT2D eigenvalue weighted by Crippen LogP contribution is 2.22. The van der Waals surface area contributed by atoms with Gasteiger partial charge in [-0.05, 0) is 59.5 Å². The first-order valence-electron chi connectivity index (χ1n) is 11.3. The van der Waals surface area contributed by atoms with E-state index in [4.69, 9.17) is 0 Å². The van der Waals surface area contributed by atoms with Gasteiger partial charge in [0.2, 0.25) is 0 Å². The number of hydrogen-bond donors (Lipinski definition) is 0. The molecule has 9 nitrogen and oxygen atoms in total. The van der Waals surface area contributed by atoms with Crippen molar-refractivity contribution in [2.75, 3.05) is 50.7 Å². The molecule has 0 spiro atoms. The summed E-state index contributed by atoms with van der Waals surface area (Å²) < 4.78 is 1.57. The molecule has 2 aliphatic heterocycles. The van der Waals surface area contributed by atoms with E-state index in [1.807, 2.05) is 47.5 Å². The van der Waals surface area contributed by atoms with Crippen molar-refractivity contribution in [3.05, 3.63) is 60.6 Å². The maximum Gasteiger partial charge on any atom is 0.253 e. The molecule has 32 heavy (non-hydrogen) atoms. The molecule has 5 rings (SSSR count). The standard InChI is InChI=1S/C23H28N8O/c32-23(20-6-3-7-21(15-20)31-18-25-26-27-31)30-10-4-5-19(17-30)16-28-11-13-29(14-12-28)22-8-1-2-9-24-22/h1-3,6-9,15,18-19H,4-5,10-14,16-17H2. The molecule has 2 saturated heterocycles. The van der Waals surface area contributed by atoms with Crippen molar-refractivity contribution in [3.8, 4) is 5.69 Å². The van der Waals surface area contributed by atoms with Crippen LogP contribution in [0, 0.1) is 5.92 Å². The van der Waals surface area contributed by atoms with Crippen LogP contribution in [-0.4, -0.2) is 86.7 Å². The van der Waals surface area contributed by atoms with E-state index in [1.54, 1.807) is 4.68 Å². The molecule has 1 atom stereocenters. The van der Waals surface area contributed by atoms with Gasteiger partial charge < -0.3 is 9.80 Å². The maximum atomic E-state index is 13.2. The Morgan fingerprint density at radius 3 is 2.72 bits per heavy atom. The number of tetrazole rings is 1. The van der Waals surface area contributed by atoms with Crippen molar-refractivity contribution in [1.29, 1.82) is 0 Å². The zero-order chi connectivity index (χ0) is 21.8. The number of pyridine rings is 1. The normalized spacial score (nSPS) is 19.8. The van der Waals surface area contributed by atoms with E-state index in [2.05, 4.69) is 36.4 Å². The number of carbonyl (C=O) groups excluding carboxylic acids is 1. The van der Waals surface area contributed by atoms with E-state index in [1.165, 1.54) is 12.7 Å². The van der Waals surface area contributed by atoms with Gasteiger partial charge in [-0.15, -0.1) is 5.10 Å². The summed E-state index contributed by atoms with van der Waals surface area (Å²) in [5, 5.41) is 11.3. The average molecular weight is 433 g/mol. The summed E-state index contributed by atoms with van der Waals surface area (Å²) in [7, 11) is 0. The summed E-state index contributed by atoms with van der Waals surface area (Å²) in [6.07, 6.45) is 5.62. The van der Waals surface area contributed by atoms with E-state index < -0.39 is 0 Å². The lowest BCUT2D eigenvalue weighted by Gasteiger charge is -2.39. The van der Waals surface area contributed by atoms with E-state index >= 15 is 0 Å². The first-order valence-corrected chi connectivity index (χ1v) is 11.3. The van der Waals surface area contributed by atoms with Crippen molar-refractivity contribution in [2.24, 2.45) is 5.92 Å². The molecule has 0 N–H and O–H groups in total. The van der Waals surface area contributed by atoms with E-state index in [-0.39, 0.29) is 5.91 Å². The monoisotopic (exact) mass is 432 g/mol. The summed E-state index contributed by atoms with van der Waals surface area (Å²) in [6, 6.07) is 13.6. The van der Waals surface area contributed by atoms with Crippen molar-refractivity contribution in [2.45, 2.75) is 12.8 Å². The molecule has 0 bridgehead atoms. The molecule has 0 aliphatic carbocycles. The number of rotatable bonds is 5. The fourth-order valence-corrected chi connectivity index (χ4v) is 4.71. The molecular weight excluding hydrogens is 404 g/mol. The zero-order valence-corrected chi connectivity index (χ0v) is 18.1. The predicted octanol–water partition coefficient (Wildman–Crippen LogP) is 1.73. The second-order valence-corrected chi connectivity index (χ2v) is 8.54. The predicted molar refractivity (Wildman–Crippen MR) is 121 cm³/mol. The molecule has 2 fully saturated rings. The number of benzene rings is 1. The van der Waals surface area contributed by atoms with E-state index in [0.717, 1.165) is 63.7 Å². The number of piperazine rings is 1. The van der Waals surface area contributed by atoms with Gasteiger partial charge in [0.15, 0.2) is 0 Å². The van der Waals surface area contributed by atoms with Crippen LogP contribution in [0.15, 0.2) is 55.0 Å². The topological polar surface area (TPSA) is 83.3 Å². The zero-order valence-electron chi connectivity index (χ0n) is 18.1. The van der Waals surface area contributed by atoms with Gasteiger partial charge in [0.05, 0.1) is 5.69 Å². The van der Waals surface area contributed by atoms with Gasteiger partial charge in [-0.1, -0.05) is 12.1 Å². The van der Waals surface area contributed by atoms with Crippen LogP contribution in [-0.2, 0) is 0 Å². The van der Waals surface area contributed by atoms with Gasteiger partial charge in [0.1, 0.15) is 12.1 Å². The lowest BCUT2D eigenvalue weighted by molar-refractivity contribution is 0.0637. The molecule has 0 saturated carbocycles. The van der Waals surface area contributed by atoms with Crippen molar-refractivity contribution in [1.82, 2.24) is 35.0 Å². The second-order valence-electron chi connectivity index (χ2n) is 8.54. The van der Waals surface area contributed by atoms with Gasteiger partial charge in [0.25, 0.3) is 5.91 Å². The minimum atomic E-state index is 0.0876. The third-order valence-electron chi connectivity index (χ3n) is 6.37. The minimum Gasteiger partial charge on any atom is -0.354 e. The molecule has 2 aliphatic rings. The van der Waals surface area contributed by atoms with Crippen LogP contribution in [0.3, 0.4) is 0 Å². The third-order valence-corrected chi connectivity index (χ3v) is 6.37. The number of nitrogens with zero attached hydrogens (tertiary/aromatic N) is 8. The number of hydrogen-bond acceptors (Lipinski definition) is 7. The van der Waals surface area contributed by atoms with Crippen LogP contribution in [0.25, 0.3) is 5.69 Å². The van der Waals surface area contributed by atoms with Crippen LogP contribution in [0.1, 0.15) is 23.2 Å². The molecule has 4 heterocycles. The smallest absolute Gasteiger partial charge is 0.253 e. The number of amides is 1. The van der Waals surface area contributed by atoms with E-state index in [0.29, 0.717) is 11.5 Å². The third kappa shape index (κ3) is 4.62. The molecule has 1 aromatic carbocycles. The summed E-state index contributed by atoms with van der Waals surface area (Å²) in [5.74, 6) is 1.66. The Labute approximate surface area is 187 Å². The van der Waals surface area contributed by atoms with Gasteiger partial charge in [0, 0.05) is 57.6 Å². The minimum absolute atomic E-state index is 0.0876. The number of aromatic nitrogens is 5. The first kappa shape index (κ1) is 20.6. The van der Waals surface area contributed by atoms with Crippen molar-refractivity contribution >= 4 is 11.7 Å². The van der Waals surface area contributed by atoms with Crippen molar-refractivity contribution in [3.63, 3.8) is 0 Å². The number of piperidine rings is 1. The largest absolute Gasteiger partial charge is 0.354 e. The SMILES string of the molecule is O=C(c1cccc(-n2cnnn2)c1)N1CCCC(CN2CCN(c3ccccn3)CC2)C1. The highest BCUT2D eigenvalue weighted by atomic mass is 16.2. The highest BCUT2D eigenvalue weighted by Gasteiger charge is 2.27. The van der Waals surface area contributed by atoms with Gasteiger partial charge in [-0.2, -0.15) is 0 Å². The van der Waals surface area contributed by atoms with Crippen LogP contribution >= 0.6 is 0 Å². The molecule has 9 heteroatoms. The average Bonchev–Trinajstić information content (AvgIpc) is 3.40. The Morgan fingerprint density at radius 1 is 1.03 bits per heavy atom. The fraction of sp³-hybridized carbons (Fsp3) is 0.435. The summed E-state index contributed by atoms with van der Waals surface area (Å²) in [4.78, 5) is 24.6. The summed E-state index contributed by atoms with van der Waals surface area (Å²) in [5.41, 5.74) is 1.47. The molecule has 1 amide bonds. The molecule has 166 valence electrons.